The van der Waals surface area contributed by atoms with Crippen molar-refractivity contribution in [1.82, 2.24) is 9.78 Å². The van der Waals surface area contributed by atoms with E-state index in [2.05, 4.69) is 5.10 Å². The van der Waals surface area contributed by atoms with Crippen LogP contribution in [0.5, 0.6) is 0 Å². The number of benzene rings is 1. The maximum absolute atomic E-state index is 12.9. The van der Waals surface area contributed by atoms with E-state index in [4.69, 9.17) is 17.3 Å². The van der Waals surface area contributed by atoms with E-state index in [-0.39, 0.29) is 5.82 Å². The predicted molar refractivity (Wildman–Crippen MR) is 61.5 cm³/mol. The van der Waals surface area contributed by atoms with Gasteiger partial charge in [0.25, 0.3) is 0 Å². The van der Waals surface area contributed by atoms with Crippen molar-refractivity contribution in [3.8, 4) is 11.3 Å². The van der Waals surface area contributed by atoms with E-state index in [0.29, 0.717) is 22.8 Å². The van der Waals surface area contributed by atoms with Crippen LogP contribution in [0.15, 0.2) is 24.4 Å². The molecule has 0 bridgehead atoms. The van der Waals surface area contributed by atoms with Crippen LogP contribution in [0.25, 0.3) is 11.3 Å². The van der Waals surface area contributed by atoms with Crippen molar-refractivity contribution in [3.63, 3.8) is 0 Å². The van der Waals surface area contributed by atoms with E-state index in [0.717, 1.165) is 5.56 Å². The molecule has 0 amide bonds. The van der Waals surface area contributed by atoms with E-state index in [1.165, 1.54) is 12.1 Å². The summed E-state index contributed by atoms with van der Waals surface area (Å²) < 4.78 is 14.6. The Morgan fingerprint density at radius 2 is 2.25 bits per heavy atom. The summed E-state index contributed by atoms with van der Waals surface area (Å²) in [6.45, 7) is 0.372. The van der Waals surface area contributed by atoms with E-state index in [1.54, 1.807) is 17.8 Å². The quantitative estimate of drug-likeness (QED) is 0.874. The Hall–Kier alpha value is -1.39. The Labute approximate surface area is 97.6 Å². The van der Waals surface area contributed by atoms with Crippen LogP contribution in [-0.2, 0) is 13.6 Å². The number of aryl methyl sites for hydroxylation is 1. The Kier molecular flexibility index (Phi) is 2.94. The zero-order chi connectivity index (χ0) is 11.7. The van der Waals surface area contributed by atoms with Crippen molar-refractivity contribution in [2.24, 2.45) is 12.8 Å². The highest BCUT2D eigenvalue weighted by molar-refractivity contribution is 6.33. The van der Waals surface area contributed by atoms with E-state index >= 15 is 0 Å². The fourth-order valence-corrected chi connectivity index (χ4v) is 1.85. The third-order valence-electron chi connectivity index (χ3n) is 2.31. The van der Waals surface area contributed by atoms with Crippen LogP contribution < -0.4 is 5.73 Å². The molecule has 0 spiro atoms. The molecule has 0 aliphatic carbocycles. The topological polar surface area (TPSA) is 43.8 Å². The van der Waals surface area contributed by atoms with Gasteiger partial charge in [-0.05, 0) is 18.2 Å². The maximum Gasteiger partial charge on any atom is 0.124 e. The number of rotatable bonds is 2. The third-order valence-corrected chi connectivity index (χ3v) is 2.62. The van der Waals surface area contributed by atoms with Crippen LogP contribution >= 0.6 is 11.6 Å². The Morgan fingerprint density at radius 3 is 2.88 bits per heavy atom. The summed E-state index contributed by atoms with van der Waals surface area (Å²) in [7, 11) is 1.81. The van der Waals surface area contributed by atoms with Gasteiger partial charge in [0.05, 0.1) is 10.7 Å². The molecule has 0 aliphatic heterocycles. The first-order chi connectivity index (χ1) is 7.61. The summed E-state index contributed by atoms with van der Waals surface area (Å²) in [5, 5.41) is 4.61. The average molecular weight is 240 g/mol. The van der Waals surface area contributed by atoms with Gasteiger partial charge < -0.3 is 5.73 Å². The molecule has 0 aliphatic rings. The maximum atomic E-state index is 12.9. The summed E-state index contributed by atoms with van der Waals surface area (Å²) in [5.74, 6) is -0.362. The van der Waals surface area contributed by atoms with Crippen LogP contribution in [0, 0.1) is 5.82 Å². The number of hydrogen-bond acceptors (Lipinski definition) is 2. The molecule has 2 N–H and O–H groups in total. The summed E-state index contributed by atoms with van der Waals surface area (Å²) in [4.78, 5) is 0. The van der Waals surface area contributed by atoms with Crippen LogP contribution in [0.1, 0.15) is 5.56 Å². The smallest absolute Gasteiger partial charge is 0.124 e. The summed E-state index contributed by atoms with van der Waals surface area (Å²) in [5.41, 5.74) is 7.90. The molecule has 0 atom stereocenters. The van der Waals surface area contributed by atoms with E-state index in [1.807, 2.05) is 6.20 Å². The van der Waals surface area contributed by atoms with Crippen molar-refractivity contribution < 1.29 is 4.39 Å². The zero-order valence-electron chi connectivity index (χ0n) is 8.74. The van der Waals surface area contributed by atoms with Crippen LogP contribution in [0.4, 0.5) is 4.39 Å². The van der Waals surface area contributed by atoms with Gasteiger partial charge in [-0.25, -0.2) is 4.39 Å². The lowest BCUT2D eigenvalue weighted by Gasteiger charge is -2.02. The average Bonchev–Trinajstić information content (AvgIpc) is 2.59. The van der Waals surface area contributed by atoms with Crippen molar-refractivity contribution in [2.75, 3.05) is 0 Å². The summed E-state index contributed by atoms with van der Waals surface area (Å²) >= 11 is 5.97. The second-order valence-electron chi connectivity index (χ2n) is 3.50. The normalized spacial score (nSPS) is 10.8. The highest BCUT2D eigenvalue weighted by Gasteiger charge is 2.12. The highest BCUT2D eigenvalue weighted by Crippen LogP contribution is 2.29. The van der Waals surface area contributed by atoms with Crippen molar-refractivity contribution in [2.45, 2.75) is 6.54 Å². The molecule has 1 aromatic heterocycles. The minimum atomic E-state index is -0.362. The molecule has 2 aromatic rings. The molecule has 0 unspecified atom stereocenters. The van der Waals surface area contributed by atoms with Crippen LogP contribution in [0.2, 0.25) is 5.02 Å². The van der Waals surface area contributed by atoms with Gasteiger partial charge in [0.1, 0.15) is 5.82 Å². The largest absolute Gasteiger partial charge is 0.326 e. The molecule has 3 nitrogen and oxygen atoms in total. The molecule has 16 heavy (non-hydrogen) atoms. The molecule has 1 aromatic carbocycles. The predicted octanol–water partition coefficient (Wildman–Crippen LogP) is 2.34. The lowest BCUT2D eigenvalue weighted by atomic mass is 10.1. The fraction of sp³-hybridized carbons (Fsp3) is 0.182. The molecule has 0 saturated heterocycles. The summed E-state index contributed by atoms with van der Waals surface area (Å²) in [6.07, 6.45) is 1.83. The Balaban J connectivity index is 2.57. The first-order valence-corrected chi connectivity index (χ1v) is 5.17. The lowest BCUT2D eigenvalue weighted by molar-refractivity contribution is 0.628. The molecule has 5 heteroatoms. The lowest BCUT2D eigenvalue weighted by Crippen LogP contribution is -1.97. The molecule has 84 valence electrons. The van der Waals surface area contributed by atoms with Gasteiger partial charge in [-0.3, -0.25) is 4.68 Å². The van der Waals surface area contributed by atoms with E-state index < -0.39 is 0 Å². The SMILES string of the molecule is Cn1cc(CN)c(-c2ccc(F)cc2Cl)n1. The number of nitrogens with two attached hydrogens (primary N) is 1. The number of nitrogens with zero attached hydrogens (tertiary/aromatic N) is 2. The minimum absolute atomic E-state index is 0.341. The van der Waals surface area contributed by atoms with Gasteiger partial charge in [0, 0.05) is 30.9 Å². The van der Waals surface area contributed by atoms with Gasteiger partial charge in [-0.15, -0.1) is 0 Å². The van der Waals surface area contributed by atoms with Gasteiger partial charge in [0.2, 0.25) is 0 Å². The number of aromatic nitrogens is 2. The molecular weight excluding hydrogens is 229 g/mol. The van der Waals surface area contributed by atoms with Crippen LogP contribution in [0.3, 0.4) is 0 Å². The van der Waals surface area contributed by atoms with Gasteiger partial charge >= 0.3 is 0 Å². The third kappa shape index (κ3) is 1.94. The summed E-state index contributed by atoms with van der Waals surface area (Å²) in [6, 6.07) is 4.24. The van der Waals surface area contributed by atoms with Crippen LogP contribution in [-0.4, -0.2) is 9.78 Å². The van der Waals surface area contributed by atoms with Gasteiger partial charge in [-0.1, -0.05) is 11.6 Å². The fourth-order valence-electron chi connectivity index (χ4n) is 1.60. The van der Waals surface area contributed by atoms with E-state index in [9.17, 15) is 4.39 Å². The molecular formula is C11H11ClFN3. The first-order valence-electron chi connectivity index (χ1n) is 4.80. The van der Waals surface area contributed by atoms with Crippen molar-refractivity contribution >= 4 is 11.6 Å². The minimum Gasteiger partial charge on any atom is -0.326 e. The second-order valence-corrected chi connectivity index (χ2v) is 3.91. The molecule has 1 heterocycles. The van der Waals surface area contributed by atoms with Gasteiger partial charge in [-0.2, -0.15) is 5.10 Å². The molecule has 0 saturated carbocycles. The van der Waals surface area contributed by atoms with Gasteiger partial charge in [0.15, 0.2) is 0 Å². The molecule has 2 rings (SSSR count). The molecule has 0 radical (unpaired) electrons. The zero-order valence-corrected chi connectivity index (χ0v) is 9.50. The van der Waals surface area contributed by atoms with Crippen molar-refractivity contribution in [1.29, 1.82) is 0 Å². The number of hydrogen-bond donors (Lipinski definition) is 1. The Morgan fingerprint density at radius 1 is 1.50 bits per heavy atom. The first kappa shape index (κ1) is 11.1. The second kappa shape index (κ2) is 4.23. The number of halogens is 2. The van der Waals surface area contributed by atoms with Crippen molar-refractivity contribution in [3.05, 3.63) is 40.8 Å². The highest BCUT2D eigenvalue weighted by atomic mass is 35.5. The molecule has 0 fully saturated rings. The monoisotopic (exact) mass is 239 g/mol. The standard InChI is InChI=1S/C11H11ClFN3/c1-16-6-7(5-14)11(15-16)9-3-2-8(13)4-10(9)12/h2-4,6H,5,14H2,1H3. The Bertz CT molecular complexity index is 522.